The van der Waals surface area contributed by atoms with Gasteiger partial charge in [0.05, 0.1) is 16.3 Å². The second kappa shape index (κ2) is 7.92. The minimum Gasteiger partial charge on any atom is -0.526 e. The van der Waals surface area contributed by atoms with Gasteiger partial charge in [-0.1, -0.05) is 40.6 Å². The molecule has 0 aromatic heterocycles. The maximum absolute atomic E-state index is 13.8. The average Bonchev–Trinajstić information content (AvgIpc) is 2.37. The van der Waals surface area contributed by atoms with Crippen molar-refractivity contribution in [2.75, 3.05) is 6.54 Å². The van der Waals surface area contributed by atoms with Crippen LogP contribution in [0.5, 0.6) is 5.75 Å². The summed E-state index contributed by atoms with van der Waals surface area (Å²) in [5.41, 5.74) is -0.399. The van der Waals surface area contributed by atoms with Crippen molar-refractivity contribution in [2.45, 2.75) is 16.8 Å². The number of halogens is 4. The van der Waals surface area contributed by atoms with E-state index in [4.69, 9.17) is 0 Å². The summed E-state index contributed by atoms with van der Waals surface area (Å²) in [4.78, 5) is 12.8. The van der Waals surface area contributed by atoms with Crippen molar-refractivity contribution in [3.63, 3.8) is 0 Å². The van der Waals surface area contributed by atoms with Crippen molar-refractivity contribution in [2.24, 2.45) is 0 Å². The molecule has 0 aliphatic carbocycles. The van der Waals surface area contributed by atoms with E-state index in [1.54, 1.807) is 0 Å². The van der Waals surface area contributed by atoms with Crippen LogP contribution in [0.1, 0.15) is 12.0 Å². The van der Waals surface area contributed by atoms with Crippen molar-refractivity contribution in [1.29, 1.82) is 0 Å². The minimum absolute atomic E-state index is 0. The smallest absolute Gasteiger partial charge is 0.256 e. The van der Waals surface area contributed by atoms with Crippen LogP contribution in [0.25, 0.3) is 5.70 Å². The van der Waals surface area contributed by atoms with Gasteiger partial charge in [0, 0.05) is 38.5 Å². The Kier molecular flexibility index (Phi) is 7.13. The molecule has 21 heavy (non-hydrogen) atoms. The van der Waals surface area contributed by atoms with Gasteiger partial charge in [-0.2, -0.15) is 0 Å². The van der Waals surface area contributed by atoms with Gasteiger partial charge < -0.3 is 10.0 Å². The molecular weight excluding hydrogens is 475 g/mol. The van der Waals surface area contributed by atoms with Gasteiger partial charge in [-0.3, -0.25) is 4.79 Å². The summed E-state index contributed by atoms with van der Waals surface area (Å²) in [5.74, 6) is -1.74. The van der Waals surface area contributed by atoms with E-state index in [1.165, 1.54) is 12.1 Å². The van der Waals surface area contributed by atoms with Crippen molar-refractivity contribution in [3.05, 3.63) is 35.7 Å². The number of benzene rings is 1. The molecule has 0 spiro atoms. The number of alkyl halides is 3. The zero-order valence-corrected chi connectivity index (χ0v) is 15.7. The number of rotatable bonds is 3. The minimum atomic E-state index is -2.76. The predicted octanol–water partition coefficient (Wildman–Crippen LogP) is 2.97. The second-order valence-electron chi connectivity index (χ2n) is 4.17. The van der Waals surface area contributed by atoms with E-state index in [-0.39, 0.29) is 50.4 Å². The number of nitrogens with zero attached hydrogens (tertiary/aromatic N) is 1. The van der Waals surface area contributed by atoms with E-state index in [1.807, 2.05) is 22.6 Å². The van der Waals surface area contributed by atoms with Crippen molar-refractivity contribution < 1.29 is 55.8 Å². The molecule has 1 aliphatic rings. The van der Waals surface area contributed by atoms with E-state index in [2.05, 4.69) is 6.08 Å². The van der Waals surface area contributed by atoms with Gasteiger partial charge in [-0.05, 0) is 12.1 Å². The first-order valence-electron chi connectivity index (χ1n) is 5.74. The van der Waals surface area contributed by atoms with Crippen LogP contribution >= 0.6 is 22.6 Å². The van der Waals surface area contributed by atoms with Crippen molar-refractivity contribution >= 4 is 34.2 Å². The Hall–Kier alpha value is -0.146. The number of amides is 1. The molecule has 1 amide bonds. The van der Waals surface area contributed by atoms with E-state index in [9.17, 15) is 23.1 Å². The molecule has 0 saturated carbocycles. The third kappa shape index (κ3) is 4.19. The Morgan fingerprint density at radius 2 is 2.14 bits per heavy atom. The number of hydrogen-bond donors (Lipinski definition) is 1. The van der Waals surface area contributed by atoms with Gasteiger partial charge in [-0.25, -0.2) is 19.2 Å². The molecule has 111 valence electrons. The molecule has 1 aromatic rings. The number of phenols is 1. The molecular formula is C13H10F3INO2Y-. The molecule has 2 rings (SSSR count). The first-order chi connectivity index (χ1) is 9.41. The van der Waals surface area contributed by atoms with E-state index in [0.29, 0.717) is 0 Å². The number of allylic oxidation sites excluding steroid dienone is 1. The van der Waals surface area contributed by atoms with Crippen LogP contribution < -0.4 is 0 Å². The summed E-state index contributed by atoms with van der Waals surface area (Å²) in [5, 5.41) is 9.72. The van der Waals surface area contributed by atoms with Gasteiger partial charge >= 0.3 is 0 Å². The molecule has 8 heteroatoms. The SMILES string of the molecule is O=C1C(I)C[C-]=C(c2c(O)cccc2F)N1CC(F)F.[Y]. The van der Waals surface area contributed by atoms with Gasteiger partial charge in [0.1, 0.15) is 0 Å². The molecule has 1 heterocycles. The third-order valence-corrected chi connectivity index (χ3v) is 3.77. The summed E-state index contributed by atoms with van der Waals surface area (Å²) in [7, 11) is 0. The molecule has 1 aromatic carbocycles. The summed E-state index contributed by atoms with van der Waals surface area (Å²) in [6.45, 7) is -0.853. The van der Waals surface area contributed by atoms with Crippen LogP contribution in [-0.4, -0.2) is 32.8 Å². The van der Waals surface area contributed by atoms with Crippen molar-refractivity contribution in [3.8, 4) is 5.75 Å². The Labute approximate surface area is 158 Å². The van der Waals surface area contributed by atoms with Gasteiger partial charge in [-0.15, -0.1) is 5.70 Å². The fourth-order valence-electron chi connectivity index (χ4n) is 1.94. The average molecular weight is 485 g/mol. The maximum atomic E-state index is 13.8. The normalized spacial score (nSPS) is 18.5. The summed E-state index contributed by atoms with van der Waals surface area (Å²) in [6.07, 6.45) is 0.158. The van der Waals surface area contributed by atoms with E-state index in [0.717, 1.165) is 11.0 Å². The molecule has 1 N–H and O–H groups in total. The van der Waals surface area contributed by atoms with Crippen LogP contribution in [0, 0.1) is 11.9 Å². The van der Waals surface area contributed by atoms with Gasteiger partial charge in [0.25, 0.3) is 6.43 Å². The Bertz CT molecular complexity index is 548. The Morgan fingerprint density at radius 3 is 2.71 bits per heavy atom. The quantitative estimate of drug-likeness (QED) is 0.407. The second-order valence-corrected chi connectivity index (χ2v) is 5.67. The fraction of sp³-hybridized carbons (Fsp3) is 0.308. The predicted molar refractivity (Wildman–Crippen MR) is 74.9 cm³/mol. The van der Waals surface area contributed by atoms with E-state index >= 15 is 0 Å². The van der Waals surface area contributed by atoms with E-state index < -0.39 is 34.4 Å². The molecule has 1 unspecified atom stereocenters. The topological polar surface area (TPSA) is 40.5 Å². The standard InChI is InChI=1S/C13H10F3INO2.Y/c14-7-2-1-3-10(19)12(7)9-5-4-8(17)13(20)18(9)6-11(15)16;/h1-3,8,11,19H,4,6H2;/q-1;. The largest absolute Gasteiger partial charge is 0.526 e. The van der Waals surface area contributed by atoms with Crippen LogP contribution in [0.4, 0.5) is 13.2 Å². The summed E-state index contributed by atoms with van der Waals surface area (Å²) in [6, 6.07) is 3.61. The maximum Gasteiger partial charge on any atom is 0.256 e. The Balaban J connectivity index is 0.00000220. The van der Waals surface area contributed by atoms with Gasteiger partial charge in [0.15, 0.2) is 0 Å². The number of hydrogen-bond acceptors (Lipinski definition) is 2. The molecule has 0 bridgehead atoms. The molecule has 1 atom stereocenters. The van der Waals surface area contributed by atoms with Gasteiger partial charge in [0.2, 0.25) is 5.91 Å². The molecule has 0 saturated heterocycles. The number of phenolic OH excluding ortho intramolecular Hbond substituents is 1. The van der Waals surface area contributed by atoms with Crippen LogP contribution in [0.15, 0.2) is 18.2 Å². The monoisotopic (exact) mass is 485 g/mol. The number of aromatic hydroxyl groups is 1. The molecule has 0 fully saturated rings. The third-order valence-electron chi connectivity index (χ3n) is 2.80. The van der Waals surface area contributed by atoms with Crippen molar-refractivity contribution in [1.82, 2.24) is 4.90 Å². The summed E-state index contributed by atoms with van der Waals surface area (Å²) < 4.78 is 38.5. The molecule has 1 aliphatic heterocycles. The first kappa shape index (κ1) is 18.9. The Morgan fingerprint density at radius 1 is 1.48 bits per heavy atom. The van der Waals surface area contributed by atoms with Crippen LogP contribution in [0.3, 0.4) is 0 Å². The van der Waals surface area contributed by atoms with Crippen LogP contribution in [0.2, 0.25) is 0 Å². The summed E-state index contributed by atoms with van der Waals surface area (Å²) >= 11 is 1.82. The first-order valence-corrected chi connectivity index (χ1v) is 6.98. The number of carbonyl (C=O) groups is 1. The fourth-order valence-corrected chi connectivity index (χ4v) is 2.49. The zero-order chi connectivity index (χ0) is 14.9. The molecule has 1 radical (unpaired) electrons. The zero-order valence-electron chi connectivity index (χ0n) is 10.7. The number of carbonyl (C=O) groups excluding carboxylic acids is 1. The molecule has 3 nitrogen and oxygen atoms in total. The van der Waals surface area contributed by atoms with Crippen LogP contribution in [-0.2, 0) is 37.5 Å².